The molecule has 0 saturated carbocycles. The largest absolute Gasteiger partial charge is 0.494 e. The highest BCUT2D eigenvalue weighted by Crippen LogP contribution is 2.27. The van der Waals surface area contributed by atoms with Crippen LogP contribution < -0.4 is 9.46 Å². The first-order valence-electron chi connectivity index (χ1n) is 7.44. The first-order valence-corrected chi connectivity index (χ1v) is 9.74. The number of hydrogen-bond acceptors (Lipinski definition) is 5. The summed E-state index contributed by atoms with van der Waals surface area (Å²) >= 11 is 1.05. The van der Waals surface area contributed by atoms with Crippen molar-refractivity contribution in [1.82, 2.24) is 0 Å². The van der Waals surface area contributed by atoms with Crippen LogP contribution in [0.5, 0.6) is 5.75 Å². The molecule has 24 heavy (non-hydrogen) atoms. The van der Waals surface area contributed by atoms with E-state index in [2.05, 4.69) is 4.72 Å². The number of benzene rings is 2. The fraction of sp³-hybridized carbons (Fsp3) is 0.235. The maximum atomic E-state index is 12.5. The summed E-state index contributed by atoms with van der Waals surface area (Å²) < 4.78 is 33.0. The topological polar surface area (TPSA) is 79.2 Å². The molecule has 0 amide bonds. The average Bonchev–Trinajstić information content (AvgIpc) is 2.57. The number of thioether (sulfide) groups is 1. The van der Waals surface area contributed by atoms with Gasteiger partial charge in [0.05, 0.1) is 17.2 Å². The van der Waals surface area contributed by atoms with Crippen molar-refractivity contribution in [3.8, 4) is 11.2 Å². The van der Waals surface area contributed by atoms with Crippen molar-refractivity contribution in [2.45, 2.75) is 30.1 Å². The molecule has 2 aromatic rings. The predicted molar refractivity (Wildman–Crippen MR) is 95.7 cm³/mol. The lowest BCUT2D eigenvalue weighted by atomic mass is 10.1. The second kappa shape index (κ2) is 8.08. The number of hydrogen-bond donors (Lipinski definition) is 1. The van der Waals surface area contributed by atoms with Crippen molar-refractivity contribution >= 4 is 27.5 Å². The van der Waals surface area contributed by atoms with Crippen LogP contribution in [0.1, 0.15) is 19.4 Å². The van der Waals surface area contributed by atoms with Crippen molar-refractivity contribution in [1.29, 1.82) is 5.26 Å². The molecule has 2 rings (SSSR count). The number of nitriles is 1. The SMILES string of the molecule is CCOc1ccc(S(=O)(=O)Nc2ccc(SC#N)cc2CC)cc1. The average molecular weight is 362 g/mol. The quantitative estimate of drug-likeness (QED) is 0.594. The summed E-state index contributed by atoms with van der Waals surface area (Å²) in [7, 11) is -3.68. The van der Waals surface area contributed by atoms with Gasteiger partial charge >= 0.3 is 0 Å². The van der Waals surface area contributed by atoms with Gasteiger partial charge in [0.2, 0.25) is 0 Å². The Hall–Kier alpha value is -2.17. The molecule has 1 N–H and O–H groups in total. The second-order valence-corrected chi connectivity index (χ2v) is 7.42. The number of nitrogens with one attached hydrogen (secondary N) is 1. The van der Waals surface area contributed by atoms with E-state index in [1.807, 2.05) is 25.3 Å². The van der Waals surface area contributed by atoms with E-state index in [4.69, 9.17) is 10.00 Å². The molecule has 0 aliphatic rings. The highest BCUT2D eigenvalue weighted by Gasteiger charge is 2.16. The van der Waals surface area contributed by atoms with E-state index in [-0.39, 0.29) is 4.90 Å². The Morgan fingerprint density at radius 2 is 1.88 bits per heavy atom. The van der Waals surface area contributed by atoms with Crippen LogP contribution in [0.15, 0.2) is 52.3 Å². The molecule has 0 heterocycles. The van der Waals surface area contributed by atoms with Crippen molar-refractivity contribution in [2.24, 2.45) is 0 Å². The van der Waals surface area contributed by atoms with Crippen LogP contribution in [0, 0.1) is 10.7 Å². The Morgan fingerprint density at radius 3 is 2.46 bits per heavy atom. The molecule has 0 aromatic heterocycles. The smallest absolute Gasteiger partial charge is 0.261 e. The van der Waals surface area contributed by atoms with Crippen LogP contribution in [-0.4, -0.2) is 15.0 Å². The van der Waals surface area contributed by atoms with Crippen LogP contribution in [0.3, 0.4) is 0 Å². The highest BCUT2D eigenvalue weighted by molar-refractivity contribution is 8.03. The normalized spacial score (nSPS) is 10.9. The van der Waals surface area contributed by atoms with E-state index in [0.29, 0.717) is 24.5 Å². The summed E-state index contributed by atoms with van der Waals surface area (Å²) in [6.45, 7) is 4.33. The monoisotopic (exact) mass is 362 g/mol. The molecule has 0 aliphatic heterocycles. The zero-order valence-corrected chi connectivity index (χ0v) is 15.1. The van der Waals surface area contributed by atoms with Gasteiger partial charge < -0.3 is 4.74 Å². The minimum atomic E-state index is -3.68. The van der Waals surface area contributed by atoms with E-state index in [0.717, 1.165) is 22.2 Å². The van der Waals surface area contributed by atoms with Crippen molar-refractivity contribution in [3.05, 3.63) is 48.0 Å². The van der Waals surface area contributed by atoms with Gasteiger partial charge in [0.25, 0.3) is 10.0 Å². The molecule has 5 nitrogen and oxygen atoms in total. The van der Waals surface area contributed by atoms with Gasteiger partial charge in [-0.2, -0.15) is 5.26 Å². The van der Waals surface area contributed by atoms with Crippen LogP contribution >= 0.6 is 11.8 Å². The van der Waals surface area contributed by atoms with E-state index in [1.165, 1.54) is 12.1 Å². The Kier molecular flexibility index (Phi) is 6.12. The maximum absolute atomic E-state index is 12.5. The van der Waals surface area contributed by atoms with E-state index in [9.17, 15) is 8.42 Å². The van der Waals surface area contributed by atoms with Crippen molar-refractivity contribution < 1.29 is 13.2 Å². The number of rotatable bonds is 7. The van der Waals surface area contributed by atoms with Gasteiger partial charge in [-0.15, -0.1) is 0 Å². The van der Waals surface area contributed by atoms with E-state index >= 15 is 0 Å². The van der Waals surface area contributed by atoms with Crippen LogP contribution in [0.25, 0.3) is 0 Å². The number of ether oxygens (including phenoxy) is 1. The summed E-state index contributed by atoms with van der Waals surface area (Å²) in [6.07, 6.45) is 0.654. The zero-order valence-electron chi connectivity index (χ0n) is 13.4. The van der Waals surface area contributed by atoms with Crippen LogP contribution in [0.4, 0.5) is 5.69 Å². The molecule has 0 aliphatic carbocycles. The number of sulfonamides is 1. The van der Waals surface area contributed by atoms with Crippen LogP contribution in [-0.2, 0) is 16.4 Å². The van der Waals surface area contributed by atoms with Crippen molar-refractivity contribution in [2.75, 3.05) is 11.3 Å². The van der Waals surface area contributed by atoms with Gasteiger partial charge in [0.1, 0.15) is 11.2 Å². The van der Waals surface area contributed by atoms with Gasteiger partial charge in [-0.3, -0.25) is 4.72 Å². The number of nitrogens with zero attached hydrogens (tertiary/aromatic N) is 1. The minimum absolute atomic E-state index is 0.170. The van der Waals surface area contributed by atoms with Gasteiger partial charge in [-0.05, 0) is 73.1 Å². The molecule has 0 bridgehead atoms. The molecule has 0 fully saturated rings. The third kappa shape index (κ3) is 4.43. The molecule has 0 saturated heterocycles. The third-order valence-electron chi connectivity index (χ3n) is 3.31. The first-order chi connectivity index (χ1) is 11.5. The number of aryl methyl sites for hydroxylation is 1. The standard InChI is InChI=1S/C17H18N2O3S2/c1-3-13-11-15(23-12-18)7-10-17(13)19-24(20,21)16-8-5-14(6-9-16)22-4-2/h5-11,19H,3-4H2,1-2H3. The minimum Gasteiger partial charge on any atom is -0.494 e. The zero-order chi connectivity index (χ0) is 17.6. The summed E-state index contributed by atoms with van der Waals surface area (Å²) in [5.74, 6) is 0.628. The molecule has 2 aromatic carbocycles. The number of thiocyanates is 1. The van der Waals surface area contributed by atoms with Crippen molar-refractivity contribution in [3.63, 3.8) is 0 Å². The van der Waals surface area contributed by atoms with Crippen LogP contribution in [0.2, 0.25) is 0 Å². The van der Waals surface area contributed by atoms with Gasteiger partial charge in [-0.1, -0.05) is 6.92 Å². The fourth-order valence-electron chi connectivity index (χ4n) is 2.16. The molecular formula is C17H18N2O3S2. The summed E-state index contributed by atoms with van der Waals surface area (Å²) in [6, 6.07) is 11.5. The highest BCUT2D eigenvalue weighted by atomic mass is 32.2. The first kappa shape index (κ1) is 18.2. The lowest BCUT2D eigenvalue weighted by Gasteiger charge is -2.13. The molecule has 0 atom stereocenters. The maximum Gasteiger partial charge on any atom is 0.261 e. The van der Waals surface area contributed by atoms with E-state index in [1.54, 1.807) is 24.3 Å². The van der Waals surface area contributed by atoms with Gasteiger partial charge in [0, 0.05) is 4.90 Å². The fourth-order valence-corrected chi connectivity index (χ4v) is 3.71. The summed E-state index contributed by atoms with van der Waals surface area (Å²) in [5.41, 5.74) is 1.36. The Balaban J connectivity index is 2.27. The predicted octanol–water partition coefficient (Wildman–Crippen LogP) is 4.02. The molecule has 7 heteroatoms. The Morgan fingerprint density at radius 1 is 1.17 bits per heavy atom. The molecular weight excluding hydrogens is 344 g/mol. The molecule has 0 unspecified atom stereocenters. The van der Waals surface area contributed by atoms with Gasteiger partial charge in [-0.25, -0.2) is 8.42 Å². The second-order valence-electron chi connectivity index (χ2n) is 4.88. The number of anilines is 1. The van der Waals surface area contributed by atoms with Gasteiger partial charge in [0.15, 0.2) is 0 Å². The summed E-state index contributed by atoms with van der Waals surface area (Å²) in [4.78, 5) is 0.960. The lowest BCUT2D eigenvalue weighted by Crippen LogP contribution is -2.14. The lowest BCUT2D eigenvalue weighted by molar-refractivity contribution is 0.340. The Bertz CT molecular complexity index is 841. The van der Waals surface area contributed by atoms with E-state index < -0.39 is 10.0 Å². The molecule has 0 spiro atoms. The summed E-state index contributed by atoms with van der Waals surface area (Å²) in [5, 5.41) is 10.8. The molecule has 126 valence electrons. The molecule has 0 radical (unpaired) electrons. The third-order valence-corrected chi connectivity index (χ3v) is 5.27. The Labute approximate surface area is 146 Å².